The van der Waals surface area contributed by atoms with Crippen LogP contribution in [0.25, 0.3) is 0 Å². The molecule has 0 radical (unpaired) electrons. The highest BCUT2D eigenvalue weighted by Gasteiger charge is 2.33. The Morgan fingerprint density at radius 2 is 1.61 bits per heavy atom. The highest BCUT2D eigenvalue weighted by molar-refractivity contribution is 7.92. The number of hydrogen-bond acceptors (Lipinski definition) is 7. The number of rotatable bonds is 13. The summed E-state index contributed by atoms with van der Waals surface area (Å²) in [7, 11) is 0.0626. The van der Waals surface area contributed by atoms with Crippen LogP contribution in [0.3, 0.4) is 0 Å². The molecule has 12 heteroatoms. The summed E-state index contributed by atoms with van der Waals surface area (Å²) in [6.07, 6.45) is 0. The Labute approximate surface area is 245 Å². The maximum atomic E-state index is 14.0. The summed E-state index contributed by atoms with van der Waals surface area (Å²) in [5.74, 6) is 0.177. The number of carbonyl (C=O) groups excluding carboxylic acids is 2. The fourth-order valence-corrected chi connectivity index (χ4v) is 5.67. The molecule has 10 nitrogen and oxygen atoms in total. The molecule has 0 aromatic heterocycles. The third kappa shape index (κ3) is 7.62. The van der Waals surface area contributed by atoms with Crippen molar-refractivity contribution < 1.29 is 32.2 Å². The number of ether oxygens (including phenoxy) is 3. The number of likely N-dealkylation sites (N-methyl/N-ethyl adjacent to an activating group) is 1. The molecular formula is C29H34ClN3O7S. The highest BCUT2D eigenvalue weighted by atomic mass is 35.5. The van der Waals surface area contributed by atoms with Gasteiger partial charge in [-0.25, -0.2) is 8.42 Å². The van der Waals surface area contributed by atoms with E-state index in [9.17, 15) is 18.0 Å². The van der Waals surface area contributed by atoms with Gasteiger partial charge in [0.1, 0.15) is 18.3 Å². The zero-order chi connectivity index (χ0) is 30.2. The van der Waals surface area contributed by atoms with E-state index in [1.165, 1.54) is 68.7 Å². The first kappa shape index (κ1) is 31.6. The topological polar surface area (TPSA) is 114 Å². The number of nitrogens with one attached hydrogen (secondary N) is 1. The molecule has 0 saturated heterocycles. The number of anilines is 1. The van der Waals surface area contributed by atoms with E-state index in [-0.39, 0.29) is 28.8 Å². The second kappa shape index (κ2) is 14.1. The van der Waals surface area contributed by atoms with Gasteiger partial charge in [0, 0.05) is 24.2 Å². The molecule has 220 valence electrons. The number of benzene rings is 3. The van der Waals surface area contributed by atoms with E-state index in [0.717, 1.165) is 4.31 Å². The first-order valence-electron chi connectivity index (χ1n) is 12.8. The fourth-order valence-electron chi connectivity index (χ4n) is 4.11. The van der Waals surface area contributed by atoms with Crippen LogP contribution in [0.5, 0.6) is 17.2 Å². The molecular weight excluding hydrogens is 570 g/mol. The standard InChI is InChI=1S/C29H34ClN3O7S/c1-6-31-29(35)20(2)32(18-21-8-7-9-24(16-21)38-3)28(34)19-33(23-12-10-22(30)11-13-23)41(36,37)25-14-15-26(39-4)27(17-25)40-5/h7-17,20H,6,18-19H2,1-5H3,(H,31,35)/t20-/m1/s1. The summed E-state index contributed by atoms with van der Waals surface area (Å²) in [6, 6.07) is 16.4. The van der Waals surface area contributed by atoms with Gasteiger partial charge in [-0.1, -0.05) is 23.7 Å². The van der Waals surface area contributed by atoms with Crippen LogP contribution in [-0.2, 0) is 26.2 Å². The summed E-state index contributed by atoms with van der Waals surface area (Å²) in [4.78, 5) is 28.0. The van der Waals surface area contributed by atoms with Gasteiger partial charge in [0.15, 0.2) is 11.5 Å². The van der Waals surface area contributed by atoms with Crippen molar-refractivity contribution in [3.05, 3.63) is 77.3 Å². The van der Waals surface area contributed by atoms with Crippen molar-refractivity contribution in [1.29, 1.82) is 0 Å². The van der Waals surface area contributed by atoms with Crippen molar-refractivity contribution in [1.82, 2.24) is 10.2 Å². The van der Waals surface area contributed by atoms with E-state index in [0.29, 0.717) is 28.6 Å². The lowest BCUT2D eigenvalue weighted by Gasteiger charge is -2.32. The summed E-state index contributed by atoms with van der Waals surface area (Å²) < 4.78 is 44.9. The summed E-state index contributed by atoms with van der Waals surface area (Å²) in [6.45, 7) is 3.19. The maximum Gasteiger partial charge on any atom is 0.264 e. The fraction of sp³-hybridized carbons (Fsp3) is 0.310. The number of amides is 2. The number of methoxy groups -OCH3 is 3. The predicted molar refractivity (Wildman–Crippen MR) is 157 cm³/mol. The second-order valence-corrected chi connectivity index (χ2v) is 11.2. The molecule has 0 bridgehead atoms. The van der Waals surface area contributed by atoms with Gasteiger partial charge >= 0.3 is 0 Å². The van der Waals surface area contributed by atoms with Gasteiger partial charge in [-0.15, -0.1) is 0 Å². The minimum Gasteiger partial charge on any atom is -0.497 e. The molecule has 0 fully saturated rings. The normalized spacial score (nSPS) is 11.8. The van der Waals surface area contributed by atoms with E-state index in [1.54, 1.807) is 38.1 Å². The lowest BCUT2D eigenvalue weighted by molar-refractivity contribution is -0.139. The quantitative estimate of drug-likeness (QED) is 0.313. The molecule has 3 aromatic carbocycles. The lowest BCUT2D eigenvalue weighted by atomic mass is 10.1. The van der Waals surface area contributed by atoms with E-state index in [1.807, 2.05) is 0 Å². The molecule has 3 rings (SSSR count). The third-order valence-electron chi connectivity index (χ3n) is 6.34. The van der Waals surface area contributed by atoms with E-state index >= 15 is 0 Å². The molecule has 0 aliphatic heterocycles. The Balaban J connectivity index is 2.07. The molecule has 0 spiro atoms. The van der Waals surface area contributed by atoms with Crippen molar-refractivity contribution in [2.75, 3.05) is 38.7 Å². The molecule has 41 heavy (non-hydrogen) atoms. The van der Waals surface area contributed by atoms with E-state index in [4.69, 9.17) is 25.8 Å². The predicted octanol–water partition coefficient (Wildman–Crippen LogP) is 4.11. The van der Waals surface area contributed by atoms with Crippen molar-refractivity contribution in [3.63, 3.8) is 0 Å². The lowest BCUT2D eigenvalue weighted by Crippen LogP contribution is -2.51. The Morgan fingerprint density at radius 3 is 2.22 bits per heavy atom. The van der Waals surface area contributed by atoms with Crippen LogP contribution >= 0.6 is 11.6 Å². The van der Waals surface area contributed by atoms with Gasteiger partial charge in [0.25, 0.3) is 10.0 Å². The largest absolute Gasteiger partial charge is 0.497 e. The molecule has 3 aromatic rings. The maximum absolute atomic E-state index is 14.0. The molecule has 0 aliphatic carbocycles. The van der Waals surface area contributed by atoms with Gasteiger partial charge in [-0.2, -0.15) is 0 Å². The number of halogens is 1. The number of hydrogen-bond donors (Lipinski definition) is 1. The minimum atomic E-state index is -4.31. The molecule has 1 atom stereocenters. The Hall–Kier alpha value is -3.96. The molecule has 0 heterocycles. The van der Waals surface area contributed by atoms with Gasteiger partial charge in [-0.05, 0) is 67.9 Å². The van der Waals surface area contributed by atoms with Crippen LogP contribution < -0.4 is 23.8 Å². The Kier molecular flexibility index (Phi) is 10.8. The number of nitrogens with zero attached hydrogens (tertiary/aromatic N) is 2. The number of sulfonamides is 1. The number of carbonyl (C=O) groups is 2. The Bertz CT molecular complexity index is 1470. The van der Waals surface area contributed by atoms with Crippen molar-refractivity contribution in [2.45, 2.75) is 31.3 Å². The minimum absolute atomic E-state index is 0.0409. The zero-order valence-corrected chi connectivity index (χ0v) is 25.2. The smallest absolute Gasteiger partial charge is 0.264 e. The summed E-state index contributed by atoms with van der Waals surface area (Å²) in [5.41, 5.74) is 0.916. The van der Waals surface area contributed by atoms with Crippen molar-refractivity contribution in [3.8, 4) is 17.2 Å². The molecule has 0 aliphatic rings. The van der Waals surface area contributed by atoms with Gasteiger partial charge in [0.05, 0.1) is 31.9 Å². The first-order valence-corrected chi connectivity index (χ1v) is 14.6. The summed E-state index contributed by atoms with van der Waals surface area (Å²) in [5, 5.41) is 3.13. The van der Waals surface area contributed by atoms with Crippen LogP contribution in [0.1, 0.15) is 19.4 Å². The molecule has 1 N–H and O–H groups in total. The monoisotopic (exact) mass is 603 g/mol. The molecule has 0 unspecified atom stereocenters. The highest BCUT2D eigenvalue weighted by Crippen LogP contribution is 2.32. The Morgan fingerprint density at radius 1 is 0.927 bits per heavy atom. The molecule has 2 amide bonds. The zero-order valence-electron chi connectivity index (χ0n) is 23.6. The first-order chi connectivity index (χ1) is 19.5. The second-order valence-electron chi connectivity index (χ2n) is 8.95. The third-order valence-corrected chi connectivity index (χ3v) is 8.36. The molecule has 0 saturated carbocycles. The summed E-state index contributed by atoms with van der Waals surface area (Å²) >= 11 is 6.07. The van der Waals surface area contributed by atoms with Crippen LogP contribution in [0.15, 0.2) is 71.6 Å². The van der Waals surface area contributed by atoms with Crippen LogP contribution in [0, 0.1) is 0 Å². The SMILES string of the molecule is CCNC(=O)[C@@H](C)N(Cc1cccc(OC)c1)C(=O)CN(c1ccc(Cl)cc1)S(=O)(=O)c1ccc(OC)c(OC)c1. The van der Waals surface area contributed by atoms with E-state index in [2.05, 4.69) is 5.32 Å². The average Bonchev–Trinajstić information content (AvgIpc) is 2.98. The van der Waals surface area contributed by atoms with Gasteiger partial charge in [0.2, 0.25) is 11.8 Å². The van der Waals surface area contributed by atoms with Crippen molar-refractivity contribution in [2.24, 2.45) is 0 Å². The van der Waals surface area contributed by atoms with Crippen LogP contribution in [0.2, 0.25) is 5.02 Å². The van der Waals surface area contributed by atoms with E-state index < -0.39 is 28.5 Å². The average molecular weight is 604 g/mol. The van der Waals surface area contributed by atoms with Crippen LogP contribution in [-0.4, -0.2) is 65.6 Å². The van der Waals surface area contributed by atoms with Crippen molar-refractivity contribution >= 4 is 39.1 Å². The van der Waals surface area contributed by atoms with Gasteiger partial charge < -0.3 is 24.4 Å². The van der Waals surface area contributed by atoms with Gasteiger partial charge in [-0.3, -0.25) is 13.9 Å². The van der Waals surface area contributed by atoms with Crippen LogP contribution in [0.4, 0.5) is 5.69 Å².